The van der Waals surface area contributed by atoms with Gasteiger partial charge in [0.2, 0.25) is 0 Å². The standard InChI is InChI=1S/C14H21NO/c1-2-13(15)12-5-3-4-6-14(12)16-10-9-11-7-8-11/h3-6,11,13H,2,7-10,15H2,1H3/t13-/m1/s1. The summed E-state index contributed by atoms with van der Waals surface area (Å²) >= 11 is 0. The lowest BCUT2D eigenvalue weighted by molar-refractivity contribution is 0.297. The van der Waals surface area contributed by atoms with E-state index in [4.69, 9.17) is 10.5 Å². The summed E-state index contributed by atoms with van der Waals surface area (Å²) in [5, 5.41) is 0. The second-order valence-corrected chi connectivity index (χ2v) is 4.63. The molecule has 1 saturated carbocycles. The summed E-state index contributed by atoms with van der Waals surface area (Å²) < 4.78 is 5.83. The minimum atomic E-state index is 0.0946. The van der Waals surface area contributed by atoms with Gasteiger partial charge in [-0.1, -0.05) is 38.0 Å². The molecule has 1 aromatic rings. The van der Waals surface area contributed by atoms with Gasteiger partial charge < -0.3 is 10.5 Å². The molecular weight excluding hydrogens is 198 g/mol. The van der Waals surface area contributed by atoms with Crippen molar-refractivity contribution in [2.24, 2.45) is 11.7 Å². The number of hydrogen-bond acceptors (Lipinski definition) is 2. The van der Waals surface area contributed by atoms with E-state index in [2.05, 4.69) is 13.0 Å². The number of para-hydroxylation sites is 1. The smallest absolute Gasteiger partial charge is 0.124 e. The number of ether oxygens (including phenoxy) is 1. The molecule has 1 aliphatic carbocycles. The van der Waals surface area contributed by atoms with Crippen LogP contribution in [0.25, 0.3) is 0 Å². The van der Waals surface area contributed by atoms with Crippen LogP contribution < -0.4 is 10.5 Å². The summed E-state index contributed by atoms with van der Waals surface area (Å²) in [6.07, 6.45) is 4.91. The summed E-state index contributed by atoms with van der Waals surface area (Å²) in [6, 6.07) is 8.23. The molecule has 1 aromatic carbocycles. The van der Waals surface area contributed by atoms with Gasteiger partial charge in [-0.2, -0.15) is 0 Å². The predicted molar refractivity (Wildman–Crippen MR) is 66.5 cm³/mol. The Balaban J connectivity index is 1.94. The van der Waals surface area contributed by atoms with Crippen LogP contribution in [-0.4, -0.2) is 6.61 Å². The van der Waals surface area contributed by atoms with Gasteiger partial charge in [0.25, 0.3) is 0 Å². The van der Waals surface area contributed by atoms with E-state index in [1.165, 1.54) is 19.3 Å². The highest BCUT2D eigenvalue weighted by Gasteiger charge is 2.21. The molecule has 0 amide bonds. The third-order valence-electron chi connectivity index (χ3n) is 3.24. The predicted octanol–water partition coefficient (Wildman–Crippen LogP) is 3.28. The van der Waals surface area contributed by atoms with E-state index in [0.717, 1.165) is 30.3 Å². The second kappa shape index (κ2) is 5.35. The molecule has 0 spiro atoms. The van der Waals surface area contributed by atoms with Gasteiger partial charge in [0.15, 0.2) is 0 Å². The largest absolute Gasteiger partial charge is 0.493 e. The van der Waals surface area contributed by atoms with Gasteiger partial charge in [-0.15, -0.1) is 0 Å². The lowest BCUT2D eigenvalue weighted by atomic mass is 10.0. The summed E-state index contributed by atoms with van der Waals surface area (Å²) in [5.41, 5.74) is 7.20. The summed E-state index contributed by atoms with van der Waals surface area (Å²) in [4.78, 5) is 0. The lowest BCUT2D eigenvalue weighted by Gasteiger charge is -2.15. The molecule has 0 saturated heterocycles. The van der Waals surface area contributed by atoms with Crippen LogP contribution in [0.1, 0.15) is 44.2 Å². The quantitative estimate of drug-likeness (QED) is 0.797. The molecule has 0 aliphatic heterocycles. The normalized spacial score (nSPS) is 17.1. The zero-order valence-corrected chi connectivity index (χ0v) is 9.99. The third-order valence-corrected chi connectivity index (χ3v) is 3.24. The van der Waals surface area contributed by atoms with E-state index in [1.807, 2.05) is 18.2 Å². The number of rotatable bonds is 6. The molecule has 0 bridgehead atoms. The molecular formula is C14H21NO. The van der Waals surface area contributed by atoms with Crippen molar-refractivity contribution in [1.82, 2.24) is 0 Å². The van der Waals surface area contributed by atoms with Gasteiger partial charge in [0.1, 0.15) is 5.75 Å². The number of benzene rings is 1. The maximum absolute atomic E-state index is 6.06. The molecule has 16 heavy (non-hydrogen) atoms. The highest BCUT2D eigenvalue weighted by molar-refractivity contribution is 5.35. The van der Waals surface area contributed by atoms with Crippen molar-refractivity contribution in [2.75, 3.05) is 6.61 Å². The number of hydrogen-bond donors (Lipinski definition) is 1. The Morgan fingerprint density at radius 3 is 2.81 bits per heavy atom. The zero-order valence-electron chi connectivity index (χ0n) is 9.99. The van der Waals surface area contributed by atoms with Crippen LogP contribution in [0.3, 0.4) is 0 Å². The maximum Gasteiger partial charge on any atom is 0.124 e. The van der Waals surface area contributed by atoms with E-state index < -0.39 is 0 Å². The van der Waals surface area contributed by atoms with E-state index in [1.54, 1.807) is 0 Å². The summed E-state index contributed by atoms with van der Waals surface area (Å²) in [6.45, 7) is 2.93. The fraction of sp³-hybridized carbons (Fsp3) is 0.571. The molecule has 2 nitrogen and oxygen atoms in total. The molecule has 1 fully saturated rings. The van der Waals surface area contributed by atoms with Crippen molar-refractivity contribution in [1.29, 1.82) is 0 Å². The van der Waals surface area contributed by atoms with Crippen LogP contribution in [-0.2, 0) is 0 Å². The maximum atomic E-state index is 6.06. The minimum Gasteiger partial charge on any atom is -0.493 e. The van der Waals surface area contributed by atoms with Crippen LogP contribution in [0.2, 0.25) is 0 Å². The first-order valence-corrected chi connectivity index (χ1v) is 6.28. The van der Waals surface area contributed by atoms with Gasteiger partial charge in [0.05, 0.1) is 6.61 Å². The van der Waals surface area contributed by atoms with E-state index in [0.29, 0.717) is 0 Å². The molecule has 1 atom stereocenters. The number of nitrogens with two attached hydrogens (primary N) is 1. The van der Waals surface area contributed by atoms with Gasteiger partial charge >= 0.3 is 0 Å². The van der Waals surface area contributed by atoms with Crippen LogP contribution in [0.4, 0.5) is 0 Å². The third kappa shape index (κ3) is 2.99. The topological polar surface area (TPSA) is 35.2 Å². The summed E-state index contributed by atoms with van der Waals surface area (Å²) in [7, 11) is 0. The monoisotopic (exact) mass is 219 g/mol. The minimum absolute atomic E-state index is 0.0946. The summed E-state index contributed by atoms with van der Waals surface area (Å²) in [5.74, 6) is 1.89. The van der Waals surface area contributed by atoms with Crippen molar-refractivity contribution in [2.45, 2.75) is 38.6 Å². The zero-order chi connectivity index (χ0) is 11.4. The Labute approximate surface area is 97.8 Å². The highest BCUT2D eigenvalue weighted by atomic mass is 16.5. The van der Waals surface area contributed by atoms with Crippen molar-refractivity contribution >= 4 is 0 Å². The average Bonchev–Trinajstić information content (AvgIpc) is 3.13. The second-order valence-electron chi connectivity index (χ2n) is 4.63. The SMILES string of the molecule is CC[C@@H](N)c1ccccc1OCCC1CC1. The molecule has 0 unspecified atom stereocenters. The van der Waals surface area contributed by atoms with E-state index >= 15 is 0 Å². The van der Waals surface area contributed by atoms with Gasteiger partial charge in [-0.3, -0.25) is 0 Å². The Morgan fingerprint density at radius 1 is 1.38 bits per heavy atom. The fourth-order valence-corrected chi connectivity index (χ4v) is 1.88. The highest BCUT2D eigenvalue weighted by Crippen LogP contribution is 2.33. The molecule has 0 radical (unpaired) electrons. The van der Waals surface area contributed by atoms with Crippen LogP contribution in [0.15, 0.2) is 24.3 Å². The Hall–Kier alpha value is -1.02. The van der Waals surface area contributed by atoms with Crippen molar-refractivity contribution in [3.63, 3.8) is 0 Å². The first kappa shape index (κ1) is 11.5. The fourth-order valence-electron chi connectivity index (χ4n) is 1.88. The van der Waals surface area contributed by atoms with Crippen molar-refractivity contribution < 1.29 is 4.74 Å². The Kier molecular flexibility index (Phi) is 3.83. The lowest BCUT2D eigenvalue weighted by Crippen LogP contribution is -2.11. The van der Waals surface area contributed by atoms with Crippen molar-refractivity contribution in [3.05, 3.63) is 29.8 Å². The van der Waals surface area contributed by atoms with Crippen LogP contribution in [0.5, 0.6) is 5.75 Å². The van der Waals surface area contributed by atoms with Gasteiger partial charge in [-0.25, -0.2) is 0 Å². The average molecular weight is 219 g/mol. The Morgan fingerprint density at radius 2 is 2.12 bits per heavy atom. The van der Waals surface area contributed by atoms with Crippen molar-refractivity contribution in [3.8, 4) is 5.75 Å². The molecule has 88 valence electrons. The molecule has 2 heteroatoms. The van der Waals surface area contributed by atoms with Crippen LogP contribution in [0, 0.1) is 5.92 Å². The Bertz CT molecular complexity index is 333. The van der Waals surface area contributed by atoms with E-state index in [-0.39, 0.29) is 6.04 Å². The first-order chi connectivity index (χ1) is 7.81. The molecule has 2 N–H and O–H groups in total. The molecule has 2 rings (SSSR count). The van der Waals surface area contributed by atoms with Gasteiger partial charge in [-0.05, 0) is 24.8 Å². The van der Waals surface area contributed by atoms with E-state index in [9.17, 15) is 0 Å². The molecule has 0 heterocycles. The first-order valence-electron chi connectivity index (χ1n) is 6.28. The molecule has 0 aromatic heterocycles. The molecule has 1 aliphatic rings. The van der Waals surface area contributed by atoms with Gasteiger partial charge in [0, 0.05) is 11.6 Å². The van der Waals surface area contributed by atoms with Crippen LogP contribution >= 0.6 is 0 Å².